The first-order valence-electron chi connectivity index (χ1n) is 12.3. The number of nitrogens with one attached hydrogen (secondary N) is 1. The summed E-state index contributed by atoms with van der Waals surface area (Å²) < 4.78 is 24.2. The fourth-order valence-electron chi connectivity index (χ4n) is 4.23. The number of hydrogen-bond acceptors (Lipinski definition) is 4. The van der Waals surface area contributed by atoms with Crippen molar-refractivity contribution in [3.05, 3.63) is 142 Å². The second-order valence-electron chi connectivity index (χ2n) is 9.04. The van der Waals surface area contributed by atoms with Gasteiger partial charge in [0.05, 0.1) is 11.5 Å². The lowest BCUT2D eigenvalue weighted by Crippen LogP contribution is -2.31. The summed E-state index contributed by atoms with van der Waals surface area (Å²) in [4.78, 5) is 10.4. The van der Waals surface area contributed by atoms with Crippen LogP contribution >= 0.6 is 7.29 Å². The lowest BCUT2D eigenvalue weighted by molar-refractivity contribution is -0.687. The van der Waals surface area contributed by atoms with Gasteiger partial charge in [-0.2, -0.15) is 0 Å². The zero-order valence-corrected chi connectivity index (χ0v) is 21.6. The summed E-state index contributed by atoms with van der Waals surface area (Å²) in [5.74, 6) is 4.59. The molecule has 5 rings (SSSR count). The SMILES string of the molecule is O=[N+]([O-])c1ccc(C[n+]2ccn(CCCNP3(=O)C=C(c4ccccc4)OC(c4ccccc4)=C3)c2)cc1. The summed E-state index contributed by atoms with van der Waals surface area (Å²) in [5.41, 5.74) is 2.82. The normalized spacial score (nSPS) is 14.3. The molecule has 8 nitrogen and oxygen atoms in total. The molecule has 3 aromatic carbocycles. The predicted molar refractivity (Wildman–Crippen MR) is 147 cm³/mol. The van der Waals surface area contributed by atoms with Crippen molar-refractivity contribution < 1.29 is 18.8 Å². The number of aromatic nitrogens is 2. The average Bonchev–Trinajstić information content (AvgIpc) is 3.39. The van der Waals surface area contributed by atoms with Crippen LogP contribution in [0.4, 0.5) is 5.69 Å². The van der Waals surface area contributed by atoms with Gasteiger partial charge >= 0.3 is 0 Å². The standard InChI is InChI=1S/C29H28N4O4P/c34-33(35)27-14-12-24(13-15-27)20-32-19-18-31(23-32)17-7-16-30-38(36)21-28(25-8-3-1-4-9-25)37-29(22-38)26-10-5-2-6-11-26/h1-6,8-15,18-19,21-23H,7,16-17,20H2,(H,30,36)/q+1. The Bertz CT molecular complexity index is 1450. The summed E-state index contributed by atoms with van der Waals surface area (Å²) in [7, 11) is -2.99. The van der Waals surface area contributed by atoms with Crippen molar-refractivity contribution in [3.63, 3.8) is 0 Å². The molecule has 0 amide bonds. The molecule has 192 valence electrons. The quantitative estimate of drug-likeness (QED) is 0.0896. The molecule has 38 heavy (non-hydrogen) atoms. The number of benzene rings is 3. The van der Waals surface area contributed by atoms with Crippen LogP contribution in [0.15, 0.2) is 115 Å². The zero-order valence-electron chi connectivity index (χ0n) is 20.7. The molecule has 4 aromatic rings. The van der Waals surface area contributed by atoms with Crippen molar-refractivity contribution in [3.8, 4) is 0 Å². The molecule has 1 aromatic heterocycles. The van der Waals surface area contributed by atoms with E-state index in [0.29, 0.717) is 24.6 Å². The fraction of sp³-hybridized carbons (Fsp3) is 0.138. The van der Waals surface area contributed by atoms with Gasteiger partial charge in [0.15, 0.2) is 7.29 Å². The number of nitrogens with zero attached hydrogens (tertiary/aromatic N) is 3. The van der Waals surface area contributed by atoms with E-state index < -0.39 is 12.2 Å². The van der Waals surface area contributed by atoms with E-state index in [4.69, 9.17) is 4.74 Å². The van der Waals surface area contributed by atoms with Gasteiger partial charge in [-0.15, -0.1) is 0 Å². The van der Waals surface area contributed by atoms with Gasteiger partial charge in [0.1, 0.15) is 30.5 Å². The summed E-state index contributed by atoms with van der Waals surface area (Å²) in [6, 6.07) is 26.0. The third-order valence-electron chi connectivity index (χ3n) is 6.17. The number of nitro groups is 1. The van der Waals surface area contributed by atoms with E-state index in [2.05, 4.69) is 9.65 Å². The molecule has 0 unspecified atom stereocenters. The highest BCUT2D eigenvalue weighted by Crippen LogP contribution is 2.53. The summed E-state index contributed by atoms with van der Waals surface area (Å²) in [5, 5.41) is 14.1. The number of ether oxygens (including phenoxy) is 1. The molecule has 0 fully saturated rings. The fourth-order valence-corrected chi connectivity index (χ4v) is 6.10. The van der Waals surface area contributed by atoms with Crippen molar-refractivity contribution in [2.75, 3.05) is 6.54 Å². The maximum absolute atomic E-state index is 13.9. The molecule has 0 saturated carbocycles. The first kappa shape index (κ1) is 25.4. The van der Waals surface area contributed by atoms with Crippen molar-refractivity contribution in [2.24, 2.45) is 0 Å². The van der Waals surface area contributed by atoms with Crippen LogP contribution in [0.1, 0.15) is 23.1 Å². The monoisotopic (exact) mass is 527 g/mol. The van der Waals surface area contributed by atoms with E-state index in [1.54, 1.807) is 23.8 Å². The molecule has 1 aliphatic heterocycles. The maximum atomic E-state index is 13.9. The van der Waals surface area contributed by atoms with Gasteiger partial charge in [-0.05, 0) is 24.1 Å². The van der Waals surface area contributed by atoms with E-state index in [-0.39, 0.29) is 5.69 Å². The number of aryl methyl sites for hydroxylation is 1. The Morgan fingerprint density at radius 3 is 2.08 bits per heavy atom. The van der Waals surface area contributed by atoms with Crippen LogP contribution < -0.4 is 9.65 Å². The van der Waals surface area contributed by atoms with Crippen LogP contribution in [0, 0.1) is 10.1 Å². The Hall–Kier alpha value is -4.26. The third kappa shape index (κ3) is 6.35. The lowest BCUT2D eigenvalue weighted by Gasteiger charge is -2.23. The molecule has 0 radical (unpaired) electrons. The molecule has 1 aliphatic rings. The number of nitro benzene ring substituents is 1. The van der Waals surface area contributed by atoms with E-state index in [0.717, 1.165) is 29.7 Å². The van der Waals surface area contributed by atoms with Crippen molar-refractivity contribution in [1.29, 1.82) is 0 Å². The number of rotatable bonds is 10. The second-order valence-corrected chi connectivity index (χ2v) is 11.3. The maximum Gasteiger partial charge on any atom is 0.269 e. The van der Waals surface area contributed by atoms with Gasteiger partial charge in [-0.3, -0.25) is 19.8 Å². The van der Waals surface area contributed by atoms with Crippen LogP contribution in [0.25, 0.3) is 11.5 Å². The molecular formula is C29H28N4O4P+. The smallest absolute Gasteiger partial charge is 0.269 e. The minimum absolute atomic E-state index is 0.0869. The average molecular weight is 528 g/mol. The Morgan fingerprint density at radius 2 is 1.50 bits per heavy atom. The van der Waals surface area contributed by atoms with Gasteiger partial charge < -0.3 is 4.74 Å². The van der Waals surface area contributed by atoms with E-state index >= 15 is 0 Å². The van der Waals surface area contributed by atoms with Crippen molar-refractivity contribution >= 4 is 24.5 Å². The van der Waals surface area contributed by atoms with Crippen LogP contribution in [0.3, 0.4) is 0 Å². The molecule has 9 heteroatoms. The molecule has 0 saturated heterocycles. The summed E-state index contributed by atoms with van der Waals surface area (Å²) in [6.07, 6.45) is 6.74. The van der Waals surface area contributed by atoms with Gasteiger partial charge in [-0.25, -0.2) is 9.13 Å². The van der Waals surface area contributed by atoms with Crippen molar-refractivity contribution in [1.82, 2.24) is 9.65 Å². The third-order valence-corrected chi connectivity index (χ3v) is 8.12. The van der Waals surface area contributed by atoms with Crippen LogP contribution in [0.5, 0.6) is 0 Å². The minimum Gasteiger partial charge on any atom is -0.456 e. The number of non-ortho nitro benzene ring substituents is 1. The van der Waals surface area contributed by atoms with E-state index in [1.807, 2.05) is 84.0 Å². The Kier molecular flexibility index (Phi) is 7.63. The molecule has 0 aliphatic carbocycles. The van der Waals surface area contributed by atoms with Crippen LogP contribution in [-0.4, -0.2) is 16.0 Å². The lowest BCUT2D eigenvalue weighted by atomic mass is 10.2. The Balaban J connectivity index is 1.21. The molecule has 0 bridgehead atoms. The van der Waals surface area contributed by atoms with Gasteiger partial charge in [0.25, 0.3) is 5.69 Å². The predicted octanol–water partition coefficient (Wildman–Crippen LogP) is 6.02. The summed E-state index contributed by atoms with van der Waals surface area (Å²) >= 11 is 0. The number of hydrogen-bond donors (Lipinski definition) is 1. The largest absolute Gasteiger partial charge is 0.456 e. The molecule has 0 spiro atoms. The molecular weight excluding hydrogens is 499 g/mol. The van der Waals surface area contributed by atoms with Gasteiger partial charge in [-0.1, -0.05) is 60.7 Å². The van der Waals surface area contributed by atoms with Crippen molar-refractivity contribution in [2.45, 2.75) is 19.5 Å². The van der Waals surface area contributed by atoms with Crippen LogP contribution in [-0.2, 0) is 22.4 Å². The first-order valence-corrected chi connectivity index (χ1v) is 14.2. The molecule has 1 N–H and O–H groups in total. The second kappa shape index (κ2) is 11.4. The molecule has 0 atom stereocenters. The number of imidazole rings is 1. The van der Waals surface area contributed by atoms with Gasteiger partial charge in [0.2, 0.25) is 6.33 Å². The first-order chi connectivity index (χ1) is 18.5. The van der Waals surface area contributed by atoms with E-state index in [9.17, 15) is 14.7 Å². The Morgan fingerprint density at radius 1 is 0.895 bits per heavy atom. The van der Waals surface area contributed by atoms with Gasteiger partial charge in [0, 0.05) is 41.4 Å². The highest BCUT2D eigenvalue weighted by molar-refractivity contribution is 7.68. The topological polar surface area (TPSA) is 90.3 Å². The summed E-state index contributed by atoms with van der Waals surface area (Å²) in [6.45, 7) is 1.94. The zero-order chi connectivity index (χ0) is 26.4. The van der Waals surface area contributed by atoms with E-state index in [1.165, 1.54) is 12.1 Å². The highest BCUT2D eigenvalue weighted by Gasteiger charge is 2.26. The minimum atomic E-state index is -2.99. The highest BCUT2D eigenvalue weighted by atomic mass is 31.2. The molecule has 2 heterocycles. The van der Waals surface area contributed by atoms with Crippen LogP contribution in [0.2, 0.25) is 0 Å². The Labute approximate surface area is 221 Å².